The molecule has 1 saturated heterocycles. The predicted octanol–water partition coefficient (Wildman–Crippen LogP) is 5.60. The molecule has 188 valence electrons. The highest BCUT2D eigenvalue weighted by Crippen LogP contribution is 2.34. The second-order valence-electron chi connectivity index (χ2n) is 8.98. The van der Waals surface area contributed by atoms with Crippen molar-refractivity contribution in [2.45, 2.75) is 45.1 Å². The van der Waals surface area contributed by atoms with Crippen LogP contribution in [0, 0.1) is 0 Å². The SMILES string of the molecule is CCc1cn2c(N3CCC(F)(F)CC3)nc3c(C(C)Nc4ccc(Cl)nc4C(=O)O)cccc3c2n1. The third-order valence-corrected chi connectivity index (χ3v) is 6.74. The monoisotopic (exact) mass is 514 g/mol. The van der Waals surface area contributed by atoms with Gasteiger partial charge in [0.05, 0.1) is 22.9 Å². The van der Waals surface area contributed by atoms with Crippen molar-refractivity contribution in [1.29, 1.82) is 0 Å². The smallest absolute Gasteiger partial charge is 0.356 e. The third kappa shape index (κ3) is 4.41. The molecule has 0 aliphatic carbocycles. The van der Waals surface area contributed by atoms with Crippen molar-refractivity contribution in [2.75, 3.05) is 23.3 Å². The molecule has 4 aromatic rings. The molecule has 1 unspecified atom stereocenters. The van der Waals surface area contributed by atoms with E-state index in [1.807, 2.05) is 47.5 Å². The van der Waals surface area contributed by atoms with E-state index >= 15 is 0 Å². The number of halogens is 3. The fraction of sp³-hybridized carbons (Fsp3) is 0.360. The number of aryl methyl sites for hydroxylation is 1. The lowest BCUT2D eigenvalue weighted by atomic mass is 10.0. The van der Waals surface area contributed by atoms with Gasteiger partial charge < -0.3 is 15.3 Å². The number of aromatic nitrogens is 4. The summed E-state index contributed by atoms with van der Waals surface area (Å²) in [4.78, 5) is 27.3. The summed E-state index contributed by atoms with van der Waals surface area (Å²) in [7, 11) is 0. The zero-order valence-corrected chi connectivity index (χ0v) is 20.6. The van der Waals surface area contributed by atoms with Crippen LogP contribution in [0.4, 0.5) is 20.4 Å². The van der Waals surface area contributed by atoms with Gasteiger partial charge >= 0.3 is 5.97 Å². The highest BCUT2D eigenvalue weighted by atomic mass is 35.5. The van der Waals surface area contributed by atoms with Crippen molar-refractivity contribution in [3.8, 4) is 0 Å². The topological polar surface area (TPSA) is 95.7 Å². The van der Waals surface area contributed by atoms with Crippen molar-refractivity contribution >= 4 is 45.8 Å². The molecule has 1 aliphatic rings. The molecule has 1 atom stereocenters. The summed E-state index contributed by atoms with van der Waals surface area (Å²) >= 11 is 5.90. The van der Waals surface area contributed by atoms with Gasteiger partial charge in [-0.2, -0.15) is 0 Å². The van der Waals surface area contributed by atoms with Crippen molar-refractivity contribution in [3.05, 3.63) is 58.6 Å². The maximum Gasteiger partial charge on any atom is 0.356 e. The lowest BCUT2D eigenvalue weighted by Gasteiger charge is -2.33. The standard InChI is InChI=1S/C25H25ClF2N6O2/c1-3-15-13-34-22(30-15)17-6-4-5-16(14(2)29-18-7-8-19(26)31-21(18)23(35)36)20(17)32-24(34)33-11-9-25(27,28)10-12-33/h4-8,13-14,29H,3,9-12H2,1-2H3,(H,35,36). The van der Waals surface area contributed by atoms with E-state index in [9.17, 15) is 18.7 Å². The quantitative estimate of drug-likeness (QED) is 0.323. The second-order valence-corrected chi connectivity index (χ2v) is 9.37. The number of carboxylic acids is 1. The average molecular weight is 515 g/mol. The van der Waals surface area contributed by atoms with Crippen molar-refractivity contribution in [2.24, 2.45) is 0 Å². The van der Waals surface area contributed by atoms with Gasteiger partial charge in [-0.25, -0.2) is 28.5 Å². The van der Waals surface area contributed by atoms with Gasteiger partial charge in [0.25, 0.3) is 5.92 Å². The molecule has 0 radical (unpaired) electrons. The Labute approximate surface area is 210 Å². The Hall–Kier alpha value is -3.53. The molecule has 1 aromatic carbocycles. The molecule has 8 nitrogen and oxygen atoms in total. The number of imidazole rings is 1. The number of alkyl halides is 2. The normalized spacial score (nSPS) is 16.4. The summed E-state index contributed by atoms with van der Waals surface area (Å²) in [6.45, 7) is 4.28. The van der Waals surface area contributed by atoms with Crippen molar-refractivity contribution in [1.82, 2.24) is 19.4 Å². The number of fused-ring (bicyclic) bond motifs is 3. The average Bonchev–Trinajstić information content (AvgIpc) is 3.29. The fourth-order valence-electron chi connectivity index (χ4n) is 4.59. The lowest BCUT2D eigenvalue weighted by molar-refractivity contribution is -0.0222. The van der Waals surface area contributed by atoms with Crippen LogP contribution in [0.15, 0.2) is 36.5 Å². The number of rotatable bonds is 6. The van der Waals surface area contributed by atoms with Gasteiger partial charge in [0.2, 0.25) is 5.95 Å². The van der Waals surface area contributed by atoms with E-state index in [4.69, 9.17) is 21.6 Å². The van der Waals surface area contributed by atoms with Crippen LogP contribution in [0.1, 0.15) is 54.5 Å². The molecule has 1 aliphatic heterocycles. The first-order valence-electron chi connectivity index (χ1n) is 11.8. The number of aromatic carboxylic acids is 1. The van der Waals surface area contributed by atoms with E-state index in [2.05, 4.69) is 10.3 Å². The summed E-state index contributed by atoms with van der Waals surface area (Å²) in [6, 6.07) is 8.48. The van der Waals surface area contributed by atoms with Crippen LogP contribution in [0.5, 0.6) is 0 Å². The van der Waals surface area contributed by atoms with E-state index < -0.39 is 11.9 Å². The molecule has 36 heavy (non-hydrogen) atoms. The molecule has 0 amide bonds. The molecule has 3 aromatic heterocycles. The molecule has 11 heteroatoms. The summed E-state index contributed by atoms with van der Waals surface area (Å²) in [5.74, 6) is -3.30. The number of carbonyl (C=O) groups is 1. The Morgan fingerprint density at radius 2 is 1.94 bits per heavy atom. The first-order chi connectivity index (χ1) is 17.2. The van der Waals surface area contributed by atoms with Gasteiger partial charge in [-0.3, -0.25) is 4.40 Å². The van der Waals surface area contributed by atoms with E-state index in [0.29, 0.717) is 22.8 Å². The fourth-order valence-corrected chi connectivity index (χ4v) is 4.74. The zero-order valence-electron chi connectivity index (χ0n) is 19.8. The third-order valence-electron chi connectivity index (χ3n) is 6.53. The Kier molecular flexibility index (Phi) is 6.15. The molecule has 0 bridgehead atoms. The Morgan fingerprint density at radius 3 is 2.64 bits per heavy atom. The number of benzene rings is 1. The van der Waals surface area contributed by atoms with Gasteiger partial charge in [0, 0.05) is 43.1 Å². The first kappa shape index (κ1) is 24.2. The van der Waals surface area contributed by atoms with Crippen molar-refractivity contribution in [3.63, 3.8) is 0 Å². The minimum absolute atomic E-state index is 0.0857. The first-order valence-corrected chi connectivity index (χ1v) is 12.1. The predicted molar refractivity (Wildman–Crippen MR) is 135 cm³/mol. The van der Waals surface area contributed by atoms with Gasteiger partial charge in [-0.05, 0) is 31.5 Å². The largest absolute Gasteiger partial charge is 0.476 e. The number of para-hydroxylation sites is 1. The summed E-state index contributed by atoms with van der Waals surface area (Å²) in [5.41, 5.74) is 3.21. The Morgan fingerprint density at radius 1 is 1.19 bits per heavy atom. The number of hydrogen-bond donors (Lipinski definition) is 2. The number of anilines is 2. The summed E-state index contributed by atoms with van der Waals surface area (Å²) in [6.07, 6.45) is 2.17. The van der Waals surface area contributed by atoms with Crippen LogP contribution in [0.3, 0.4) is 0 Å². The van der Waals surface area contributed by atoms with Gasteiger partial charge in [0.15, 0.2) is 5.69 Å². The molecular formula is C25H25ClF2N6O2. The minimum Gasteiger partial charge on any atom is -0.476 e. The molecule has 0 spiro atoms. The number of carboxylic acid groups (broad SMARTS) is 1. The minimum atomic E-state index is -2.67. The van der Waals surface area contributed by atoms with E-state index in [-0.39, 0.29) is 42.8 Å². The van der Waals surface area contributed by atoms with Crippen LogP contribution in [0.2, 0.25) is 5.15 Å². The van der Waals surface area contributed by atoms with Crippen LogP contribution in [-0.4, -0.2) is 49.4 Å². The second kappa shape index (κ2) is 9.16. The number of hydrogen-bond acceptors (Lipinski definition) is 6. The maximum absolute atomic E-state index is 13.9. The molecule has 4 heterocycles. The Bertz CT molecular complexity index is 1460. The van der Waals surface area contributed by atoms with E-state index in [0.717, 1.165) is 23.1 Å². The molecule has 1 fully saturated rings. The molecular weight excluding hydrogens is 490 g/mol. The lowest BCUT2D eigenvalue weighted by Crippen LogP contribution is -2.40. The van der Waals surface area contributed by atoms with Crippen LogP contribution in [-0.2, 0) is 6.42 Å². The summed E-state index contributed by atoms with van der Waals surface area (Å²) < 4.78 is 29.6. The van der Waals surface area contributed by atoms with Gasteiger partial charge in [-0.15, -0.1) is 0 Å². The number of piperidine rings is 1. The van der Waals surface area contributed by atoms with E-state index in [1.165, 1.54) is 6.07 Å². The van der Waals surface area contributed by atoms with Gasteiger partial charge in [-0.1, -0.05) is 30.7 Å². The van der Waals surface area contributed by atoms with Crippen LogP contribution in [0.25, 0.3) is 16.6 Å². The summed E-state index contributed by atoms with van der Waals surface area (Å²) in [5, 5.41) is 13.7. The number of nitrogens with zero attached hydrogens (tertiary/aromatic N) is 5. The number of pyridine rings is 1. The van der Waals surface area contributed by atoms with Crippen LogP contribution < -0.4 is 10.2 Å². The Balaban J connectivity index is 1.62. The van der Waals surface area contributed by atoms with Gasteiger partial charge in [0.1, 0.15) is 10.8 Å². The molecule has 5 rings (SSSR count). The highest BCUT2D eigenvalue weighted by Gasteiger charge is 2.35. The van der Waals surface area contributed by atoms with Crippen LogP contribution >= 0.6 is 11.6 Å². The molecule has 2 N–H and O–H groups in total. The van der Waals surface area contributed by atoms with E-state index in [1.54, 1.807) is 6.07 Å². The van der Waals surface area contributed by atoms with Crippen molar-refractivity contribution < 1.29 is 18.7 Å². The molecule has 0 saturated carbocycles. The maximum atomic E-state index is 13.9. The number of nitrogens with one attached hydrogen (secondary N) is 1. The zero-order chi connectivity index (χ0) is 25.6. The highest BCUT2D eigenvalue weighted by molar-refractivity contribution is 6.29.